The van der Waals surface area contributed by atoms with Crippen LogP contribution in [0.25, 0.3) is 10.8 Å². The maximum absolute atomic E-state index is 12.9. The van der Waals surface area contributed by atoms with Gasteiger partial charge >= 0.3 is 6.09 Å². The van der Waals surface area contributed by atoms with Crippen molar-refractivity contribution in [1.82, 2.24) is 5.32 Å². The predicted octanol–water partition coefficient (Wildman–Crippen LogP) is 5.11. The molecule has 1 saturated carbocycles. The largest absolute Gasteiger partial charge is 0.444 e. The van der Waals surface area contributed by atoms with E-state index in [-0.39, 0.29) is 11.3 Å². The van der Waals surface area contributed by atoms with Crippen molar-refractivity contribution in [3.8, 4) is 0 Å². The normalized spacial score (nSPS) is 15.7. The first-order chi connectivity index (χ1) is 12.7. The predicted molar refractivity (Wildman–Crippen MR) is 108 cm³/mol. The van der Waals surface area contributed by atoms with E-state index in [4.69, 9.17) is 4.74 Å². The molecule has 0 aliphatic heterocycles. The van der Waals surface area contributed by atoms with Gasteiger partial charge in [0.05, 0.1) is 11.3 Å². The highest BCUT2D eigenvalue weighted by Gasteiger charge is 2.32. The Hall–Kier alpha value is -2.56. The molecule has 1 aliphatic carbocycles. The van der Waals surface area contributed by atoms with Gasteiger partial charge in [0.15, 0.2) is 0 Å². The Balaban J connectivity index is 1.86. The van der Waals surface area contributed by atoms with Gasteiger partial charge in [-0.1, -0.05) is 37.6 Å². The molecule has 27 heavy (non-hydrogen) atoms. The van der Waals surface area contributed by atoms with Gasteiger partial charge in [0.25, 0.3) is 5.91 Å². The summed E-state index contributed by atoms with van der Waals surface area (Å²) < 4.78 is 5.35. The highest BCUT2D eigenvalue weighted by atomic mass is 16.6. The van der Waals surface area contributed by atoms with E-state index in [1.54, 1.807) is 20.8 Å². The van der Waals surface area contributed by atoms with Crippen molar-refractivity contribution in [1.29, 1.82) is 0 Å². The molecule has 1 aliphatic rings. The molecule has 0 bridgehead atoms. The van der Waals surface area contributed by atoms with Crippen molar-refractivity contribution in [2.75, 3.05) is 11.9 Å². The zero-order valence-electron chi connectivity index (χ0n) is 16.5. The lowest BCUT2D eigenvalue weighted by molar-refractivity contribution is 0.0636. The second kappa shape index (κ2) is 7.22. The summed E-state index contributed by atoms with van der Waals surface area (Å²) in [6.07, 6.45) is 2.91. The van der Waals surface area contributed by atoms with Gasteiger partial charge < -0.3 is 10.1 Å². The average Bonchev–Trinajstić information content (AvgIpc) is 2.55. The Morgan fingerprint density at radius 2 is 1.74 bits per heavy atom. The van der Waals surface area contributed by atoms with Crippen LogP contribution in [0, 0.1) is 5.41 Å². The minimum Gasteiger partial charge on any atom is -0.444 e. The summed E-state index contributed by atoms with van der Waals surface area (Å²) in [6, 6.07) is 11.4. The van der Waals surface area contributed by atoms with E-state index in [1.165, 1.54) is 6.42 Å². The monoisotopic (exact) mass is 368 g/mol. The van der Waals surface area contributed by atoms with Crippen LogP contribution in [0.1, 0.15) is 57.3 Å². The lowest BCUT2D eigenvalue weighted by atomic mass is 9.70. The van der Waals surface area contributed by atoms with Crippen molar-refractivity contribution >= 4 is 28.5 Å². The van der Waals surface area contributed by atoms with Crippen LogP contribution in [0.15, 0.2) is 36.4 Å². The minimum atomic E-state index is -0.609. The Morgan fingerprint density at radius 1 is 1.11 bits per heavy atom. The third-order valence-electron chi connectivity index (χ3n) is 5.00. The fraction of sp³-hybridized carbons (Fsp3) is 0.455. The summed E-state index contributed by atoms with van der Waals surface area (Å²) in [7, 11) is 0. The highest BCUT2D eigenvalue weighted by molar-refractivity contribution is 6.07. The van der Waals surface area contributed by atoms with Gasteiger partial charge in [-0.05, 0) is 61.9 Å². The standard InChI is InChI=1S/C22H28N2O3/c1-21(2,3)27-20(26)24-18-13-16-9-6-5-8-15(16)12-17(18)19(25)23-14-22(4)10-7-11-22/h5-6,8-9,12-13H,7,10-11,14H2,1-4H3,(H,23,25)(H,24,26). The average molecular weight is 368 g/mol. The summed E-state index contributed by atoms with van der Waals surface area (Å²) in [4.78, 5) is 25.1. The molecule has 2 aromatic rings. The summed E-state index contributed by atoms with van der Waals surface area (Å²) in [5.74, 6) is -0.181. The molecule has 144 valence electrons. The van der Waals surface area contributed by atoms with Gasteiger partial charge in [-0.15, -0.1) is 0 Å². The maximum Gasteiger partial charge on any atom is 0.412 e. The van der Waals surface area contributed by atoms with Crippen LogP contribution in [0.5, 0.6) is 0 Å². The zero-order chi connectivity index (χ0) is 19.7. The Morgan fingerprint density at radius 3 is 2.30 bits per heavy atom. The lowest BCUT2D eigenvalue weighted by Gasteiger charge is -2.38. The van der Waals surface area contributed by atoms with Gasteiger partial charge in [-0.2, -0.15) is 0 Å². The summed E-state index contributed by atoms with van der Waals surface area (Å²) in [5, 5.41) is 7.68. The topological polar surface area (TPSA) is 67.4 Å². The smallest absolute Gasteiger partial charge is 0.412 e. The van der Waals surface area contributed by atoms with Crippen LogP contribution in [0.4, 0.5) is 10.5 Å². The second-order valence-electron chi connectivity index (χ2n) is 8.72. The summed E-state index contributed by atoms with van der Waals surface area (Å²) >= 11 is 0. The Kier molecular flexibility index (Phi) is 5.13. The SMILES string of the molecule is CC1(CNC(=O)c2cc3ccccc3cc2NC(=O)OC(C)(C)C)CCC1. The molecule has 0 unspecified atom stereocenters. The van der Waals surface area contributed by atoms with E-state index in [0.717, 1.165) is 23.6 Å². The van der Waals surface area contributed by atoms with E-state index < -0.39 is 11.7 Å². The molecule has 1 fully saturated rings. The summed E-state index contributed by atoms with van der Waals surface area (Å²) in [6.45, 7) is 8.25. The van der Waals surface area contributed by atoms with E-state index in [9.17, 15) is 9.59 Å². The van der Waals surface area contributed by atoms with Crippen LogP contribution >= 0.6 is 0 Å². The molecule has 0 saturated heterocycles. The molecule has 0 aromatic heterocycles. The minimum absolute atomic E-state index is 0.181. The number of anilines is 1. The number of benzene rings is 2. The second-order valence-corrected chi connectivity index (χ2v) is 8.72. The van der Waals surface area contributed by atoms with Crippen LogP contribution in [-0.4, -0.2) is 24.1 Å². The van der Waals surface area contributed by atoms with Crippen molar-refractivity contribution in [3.63, 3.8) is 0 Å². The molecular weight excluding hydrogens is 340 g/mol. The molecule has 3 rings (SSSR count). The first kappa shape index (κ1) is 19.2. The third-order valence-corrected chi connectivity index (χ3v) is 5.00. The lowest BCUT2D eigenvalue weighted by Crippen LogP contribution is -2.40. The van der Waals surface area contributed by atoms with Gasteiger partial charge in [0.1, 0.15) is 5.60 Å². The number of fused-ring (bicyclic) bond motifs is 1. The molecule has 0 atom stereocenters. The number of hydrogen-bond donors (Lipinski definition) is 2. The highest BCUT2D eigenvalue weighted by Crippen LogP contribution is 2.39. The van der Waals surface area contributed by atoms with Crippen molar-refractivity contribution in [2.24, 2.45) is 5.41 Å². The van der Waals surface area contributed by atoms with Crippen LogP contribution in [0.2, 0.25) is 0 Å². The van der Waals surface area contributed by atoms with E-state index in [0.29, 0.717) is 17.8 Å². The van der Waals surface area contributed by atoms with Gasteiger partial charge in [0, 0.05) is 6.54 Å². The number of carbonyl (C=O) groups is 2. The number of rotatable bonds is 4. The van der Waals surface area contributed by atoms with Crippen LogP contribution < -0.4 is 10.6 Å². The molecule has 5 nitrogen and oxygen atoms in total. The molecule has 2 N–H and O–H groups in total. The van der Waals surface area contributed by atoms with Gasteiger partial charge in [-0.25, -0.2) is 4.79 Å². The van der Waals surface area contributed by atoms with Crippen molar-refractivity contribution < 1.29 is 14.3 Å². The first-order valence-corrected chi connectivity index (χ1v) is 9.46. The van der Waals surface area contributed by atoms with E-state index in [2.05, 4.69) is 17.6 Å². The van der Waals surface area contributed by atoms with E-state index >= 15 is 0 Å². The fourth-order valence-electron chi connectivity index (χ4n) is 3.29. The molecular formula is C22H28N2O3. The quantitative estimate of drug-likeness (QED) is 0.788. The van der Waals surface area contributed by atoms with Crippen molar-refractivity contribution in [3.05, 3.63) is 42.0 Å². The van der Waals surface area contributed by atoms with Crippen molar-refractivity contribution in [2.45, 2.75) is 52.6 Å². The molecule has 5 heteroatoms. The number of nitrogens with one attached hydrogen (secondary N) is 2. The number of amides is 2. The fourth-order valence-corrected chi connectivity index (χ4v) is 3.29. The van der Waals surface area contributed by atoms with Gasteiger partial charge in [0.2, 0.25) is 0 Å². The number of hydrogen-bond acceptors (Lipinski definition) is 3. The molecule has 0 heterocycles. The number of ether oxygens (including phenoxy) is 1. The zero-order valence-corrected chi connectivity index (χ0v) is 16.5. The molecule has 2 aromatic carbocycles. The van der Waals surface area contributed by atoms with E-state index in [1.807, 2.05) is 36.4 Å². The van der Waals surface area contributed by atoms with Crippen LogP contribution in [-0.2, 0) is 4.74 Å². The first-order valence-electron chi connectivity index (χ1n) is 9.46. The maximum atomic E-state index is 12.9. The third kappa shape index (κ3) is 4.79. The molecule has 0 radical (unpaired) electrons. The Labute approximate surface area is 160 Å². The summed E-state index contributed by atoms with van der Waals surface area (Å²) in [5.41, 5.74) is 0.481. The molecule has 2 amide bonds. The van der Waals surface area contributed by atoms with Gasteiger partial charge in [-0.3, -0.25) is 10.1 Å². The Bertz CT molecular complexity index is 863. The number of carbonyl (C=O) groups excluding carboxylic acids is 2. The molecule has 0 spiro atoms. The van der Waals surface area contributed by atoms with Crippen LogP contribution in [0.3, 0.4) is 0 Å².